The van der Waals surface area contributed by atoms with E-state index in [1.807, 2.05) is 42.6 Å². The summed E-state index contributed by atoms with van der Waals surface area (Å²) in [5.74, 6) is 1.08. The molecule has 27 aromatic rings. The molecular weight excluding hydrogens is 1550 g/mol. The molecule has 0 spiro atoms. The number of aryl methyl sites for hydroxylation is 1. The summed E-state index contributed by atoms with van der Waals surface area (Å²) in [6, 6.07) is 152. The number of furan rings is 3. The second-order valence-corrected chi connectivity index (χ2v) is 32.8. The van der Waals surface area contributed by atoms with E-state index in [0.29, 0.717) is 0 Å². The van der Waals surface area contributed by atoms with E-state index in [2.05, 4.69) is 418 Å². The summed E-state index contributed by atoms with van der Waals surface area (Å²) < 4.78 is 27.9. The van der Waals surface area contributed by atoms with Crippen LogP contribution in [0.25, 0.3) is 242 Å². The van der Waals surface area contributed by atoms with E-state index < -0.39 is 0 Å². The van der Waals surface area contributed by atoms with Crippen molar-refractivity contribution in [3.05, 3.63) is 437 Å². The van der Waals surface area contributed by atoms with Crippen LogP contribution in [0, 0.1) is 0 Å². The van der Waals surface area contributed by atoms with Crippen molar-refractivity contribution in [2.45, 2.75) is 13.3 Å². The fraction of sp³-hybridized carbons (Fsp3) is 0.0169. The molecule has 0 radical (unpaired) electrons. The van der Waals surface area contributed by atoms with Crippen LogP contribution in [0.3, 0.4) is 0 Å². The van der Waals surface area contributed by atoms with Crippen molar-refractivity contribution in [1.29, 1.82) is 0 Å². The van der Waals surface area contributed by atoms with Gasteiger partial charge in [0.25, 0.3) is 0 Å². The third-order valence-electron chi connectivity index (χ3n) is 25.7. The van der Waals surface area contributed by atoms with Gasteiger partial charge < -0.3 is 27.0 Å². The second-order valence-electron chi connectivity index (χ2n) is 32.8. The summed E-state index contributed by atoms with van der Waals surface area (Å²) in [6.07, 6.45) is 2.69. The molecule has 0 atom stereocenters. The Bertz CT molecular complexity index is 8620. The Kier molecular flexibility index (Phi) is 17.1. The predicted molar refractivity (Wildman–Crippen MR) is 528 cm³/mol. The standard InChI is InChI=1S/C47H26N2O3.C41H30N2.C30H20N2/c1-3-8-41-32(6-1)36-24-29(13-18-43(36)50-41)27-11-16-39-34(22-27)35-23-28(30-14-19-44-37(25-30)33-7-2-4-9-42(33)51-44)12-17-40(35)49(39)31-15-20-45-38(26-31)47-46(52-45)10-5-21-48-47;1-2-39-42-37-18-10-11-19-38(37)43(39)32-26-24-31(25-27-32)41-35-16-8-6-14-33(35)40(34-15-7-9-17-36(34)41)30-22-20-29(21-23-30)28-12-4-3-5-13-28;1-5-16-27-23(12-1)24-13-2-6-17-28(24)31(27)21-10-9-11-22(20-21)32-29-18-7-3-14-25(29)26-15-4-8-19-30(26)32/h1-26H;3-27H,2H2,1H3;1-20H. The monoisotopic (exact) mass is 1620 g/mol. The average Bonchev–Trinajstić information content (AvgIpc) is 1.57. The van der Waals surface area contributed by atoms with Gasteiger partial charge in [0.05, 0.1) is 44.1 Å². The molecular formula is C118H76N6O3. The van der Waals surface area contributed by atoms with Gasteiger partial charge in [-0.25, -0.2) is 4.98 Å². The molecule has 0 aliphatic rings. The molecule has 9 heteroatoms. The molecule has 0 aliphatic heterocycles. The molecule has 127 heavy (non-hydrogen) atoms. The maximum Gasteiger partial charge on any atom is 0.153 e. The van der Waals surface area contributed by atoms with Crippen LogP contribution in [-0.4, -0.2) is 28.2 Å². The van der Waals surface area contributed by atoms with Gasteiger partial charge >= 0.3 is 0 Å². The summed E-state index contributed by atoms with van der Waals surface area (Å²) in [6.45, 7) is 2.17. The van der Waals surface area contributed by atoms with E-state index in [0.717, 1.165) is 134 Å². The number of aromatic nitrogens is 6. The van der Waals surface area contributed by atoms with Gasteiger partial charge in [0, 0.05) is 94.6 Å². The number of hydrogen-bond donors (Lipinski definition) is 0. The molecule has 0 N–H and O–H groups in total. The van der Waals surface area contributed by atoms with E-state index in [-0.39, 0.29) is 0 Å². The highest BCUT2D eigenvalue weighted by molar-refractivity contribution is 6.22. The van der Waals surface area contributed by atoms with Crippen molar-refractivity contribution in [2.24, 2.45) is 0 Å². The third-order valence-corrected chi connectivity index (χ3v) is 25.7. The van der Waals surface area contributed by atoms with Crippen LogP contribution in [0.15, 0.2) is 444 Å². The van der Waals surface area contributed by atoms with Crippen molar-refractivity contribution in [1.82, 2.24) is 28.2 Å². The number of fused-ring (bicyclic) bond motifs is 21. The number of rotatable bonds is 10. The molecule has 0 aliphatic carbocycles. The Hall–Kier alpha value is -16.9. The minimum absolute atomic E-state index is 0.788. The number of imidazole rings is 1. The van der Waals surface area contributed by atoms with Crippen molar-refractivity contribution in [2.75, 3.05) is 0 Å². The Morgan fingerprint density at radius 1 is 0.205 bits per heavy atom. The van der Waals surface area contributed by atoms with Gasteiger partial charge in [-0.2, -0.15) is 0 Å². The fourth-order valence-corrected chi connectivity index (χ4v) is 20.0. The number of benzene rings is 19. The highest BCUT2D eigenvalue weighted by Gasteiger charge is 2.23. The van der Waals surface area contributed by atoms with E-state index >= 15 is 0 Å². The molecule has 0 saturated carbocycles. The summed E-state index contributed by atoms with van der Waals surface area (Å²) in [5.41, 5.74) is 32.0. The molecule has 0 fully saturated rings. The molecule has 27 rings (SSSR count). The number of para-hydroxylation sites is 8. The Morgan fingerprint density at radius 3 is 1.04 bits per heavy atom. The lowest BCUT2D eigenvalue weighted by Crippen LogP contribution is -2.00. The summed E-state index contributed by atoms with van der Waals surface area (Å²) in [4.78, 5) is 9.56. The zero-order valence-electron chi connectivity index (χ0n) is 69.1. The Labute approximate surface area is 729 Å². The van der Waals surface area contributed by atoms with E-state index in [4.69, 9.17) is 18.2 Å². The number of nitrogens with zero attached hydrogens (tertiary/aromatic N) is 6. The van der Waals surface area contributed by atoms with E-state index in [1.165, 1.54) is 121 Å². The first-order valence-electron chi connectivity index (χ1n) is 43.4. The van der Waals surface area contributed by atoms with E-state index in [1.54, 1.807) is 0 Å². The summed E-state index contributed by atoms with van der Waals surface area (Å²) >= 11 is 0. The van der Waals surface area contributed by atoms with Crippen LogP contribution >= 0.6 is 0 Å². The average molecular weight is 1630 g/mol. The van der Waals surface area contributed by atoms with Crippen molar-refractivity contribution < 1.29 is 13.3 Å². The molecule has 19 aromatic carbocycles. The maximum absolute atomic E-state index is 6.16. The second kappa shape index (κ2) is 29.7. The van der Waals surface area contributed by atoms with Crippen molar-refractivity contribution in [3.63, 3.8) is 0 Å². The Morgan fingerprint density at radius 2 is 0.543 bits per heavy atom. The quantitative estimate of drug-likeness (QED) is 0.127. The molecule has 0 bridgehead atoms. The van der Waals surface area contributed by atoms with Crippen LogP contribution in [-0.2, 0) is 6.42 Å². The van der Waals surface area contributed by atoms with Crippen molar-refractivity contribution >= 4 is 164 Å². The zero-order valence-corrected chi connectivity index (χ0v) is 69.1. The smallest absolute Gasteiger partial charge is 0.153 e. The number of pyridine rings is 1. The SMILES string of the molecule is CCc1nc2ccccc2n1-c1ccc(-c2c3ccccc3c(-c3ccc(-c4ccccc4)cc3)c3ccccc23)cc1.c1cc(-n2c3ccccc3c3ccccc32)cc(-n2c3ccccc3c3ccccc32)c1.c1ccc2c(c1)oc1ccc(-c3ccc4c(c3)c3cc(-c5ccc6oc7ccccc7c6c5)ccc3n4-c3ccc4oc5cccnc5c4c3)cc12. The minimum Gasteiger partial charge on any atom is -0.456 e. The van der Waals surface area contributed by atoms with Crippen LogP contribution in [0.5, 0.6) is 0 Å². The van der Waals surface area contributed by atoms with Crippen LogP contribution in [0.2, 0.25) is 0 Å². The lowest BCUT2D eigenvalue weighted by atomic mass is 9.85. The molecule has 0 saturated heterocycles. The summed E-state index contributed by atoms with van der Waals surface area (Å²) in [7, 11) is 0. The molecule has 596 valence electrons. The molecule has 9 nitrogen and oxygen atoms in total. The van der Waals surface area contributed by atoms with Crippen LogP contribution < -0.4 is 0 Å². The first kappa shape index (κ1) is 72.9. The third kappa shape index (κ3) is 12.1. The van der Waals surface area contributed by atoms with Gasteiger partial charge in [-0.3, -0.25) is 9.55 Å². The van der Waals surface area contributed by atoms with Crippen LogP contribution in [0.4, 0.5) is 0 Å². The van der Waals surface area contributed by atoms with Gasteiger partial charge in [-0.1, -0.05) is 274 Å². The first-order chi connectivity index (χ1) is 62.9. The molecule has 0 unspecified atom stereocenters. The lowest BCUT2D eigenvalue weighted by Gasteiger charge is -2.18. The molecule has 8 aromatic heterocycles. The van der Waals surface area contributed by atoms with E-state index in [9.17, 15) is 0 Å². The van der Waals surface area contributed by atoms with Gasteiger partial charge in [-0.05, 0) is 235 Å². The number of hydrogen-bond acceptors (Lipinski definition) is 5. The zero-order chi connectivity index (χ0) is 83.7. The van der Waals surface area contributed by atoms with Crippen molar-refractivity contribution in [3.8, 4) is 78.4 Å². The largest absolute Gasteiger partial charge is 0.456 e. The van der Waals surface area contributed by atoms with Gasteiger partial charge in [0.2, 0.25) is 0 Å². The van der Waals surface area contributed by atoms with Gasteiger partial charge in [-0.15, -0.1) is 0 Å². The normalized spacial score (nSPS) is 11.9. The molecule has 8 heterocycles. The predicted octanol–water partition coefficient (Wildman–Crippen LogP) is 32.0. The highest BCUT2D eigenvalue weighted by atomic mass is 16.3. The minimum atomic E-state index is 0.788. The maximum atomic E-state index is 6.16. The highest BCUT2D eigenvalue weighted by Crippen LogP contribution is 2.47. The molecule has 0 amide bonds. The van der Waals surface area contributed by atoms with Gasteiger partial charge in [0.15, 0.2) is 5.58 Å². The van der Waals surface area contributed by atoms with Gasteiger partial charge in [0.1, 0.15) is 39.3 Å². The summed E-state index contributed by atoms with van der Waals surface area (Å²) in [5, 5.41) is 18.0. The van der Waals surface area contributed by atoms with Crippen LogP contribution in [0.1, 0.15) is 12.7 Å². The fourth-order valence-electron chi connectivity index (χ4n) is 20.0. The first-order valence-corrected chi connectivity index (χ1v) is 43.4. The Balaban J connectivity index is 0.000000107. The lowest BCUT2D eigenvalue weighted by molar-refractivity contribution is 0.668. The topological polar surface area (TPSA) is 84.9 Å².